The molecule has 3 N–H and O–H groups in total. The molecule has 6 heteroatoms. The Bertz CT molecular complexity index is 490. The number of pyridine rings is 1. The molecule has 0 radical (unpaired) electrons. The Hall–Kier alpha value is -1.95. The van der Waals surface area contributed by atoms with Crippen LogP contribution in [-0.4, -0.2) is 40.0 Å². The van der Waals surface area contributed by atoms with E-state index in [0.717, 1.165) is 6.42 Å². The van der Waals surface area contributed by atoms with E-state index >= 15 is 0 Å². The Morgan fingerprint density at radius 2 is 2.32 bits per heavy atom. The predicted octanol–water partition coefficient (Wildman–Crippen LogP) is 0.477. The molecule has 1 aromatic rings. The number of rotatable bonds is 3. The summed E-state index contributed by atoms with van der Waals surface area (Å²) < 4.78 is 0. The van der Waals surface area contributed by atoms with Gasteiger partial charge >= 0.3 is 5.97 Å². The average molecular weight is 263 g/mol. The minimum absolute atomic E-state index is 0.150. The van der Waals surface area contributed by atoms with E-state index in [-0.39, 0.29) is 19.0 Å². The van der Waals surface area contributed by atoms with Crippen molar-refractivity contribution in [2.75, 3.05) is 13.1 Å². The van der Waals surface area contributed by atoms with E-state index < -0.39 is 11.9 Å². The van der Waals surface area contributed by atoms with Gasteiger partial charge in [0.05, 0.1) is 11.6 Å². The van der Waals surface area contributed by atoms with Gasteiger partial charge in [0.25, 0.3) is 5.91 Å². The molecule has 0 aromatic carbocycles. The first-order valence-corrected chi connectivity index (χ1v) is 6.29. The monoisotopic (exact) mass is 263 g/mol. The molecule has 0 bridgehead atoms. The topological polar surface area (TPSA) is 96.5 Å². The number of nitrogens with zero attached hydrogens (tertiary/aromatic N) is 2. The van der Waals surface area contributed by atoms with Crippen LogP contribution in [0.1, 0.15) is 28.9 Å². The van der Waals surface area contributed by atoms with Crippen molar-refractivity contribution in [1.82, 2.24) is 9.88 Å². The van der Waals surface area contributed by atoms with Crippen molar-refractivity contribution in [2.24, 2.45) is 11.7 Å². The maximum absolute atomic E-state index is 12.3. The Labute approximate surface area is 111 Å². The molecule has 1 aliphatic rings. The smallest absolute Gasteiger partial charge is 0.308 e. The molecule has 2 rings (SSSR count). The summed E-state index contributed by atoms with van der Waals surface area (Å²) in [7, 11) is 0. The number of aliphatic carboxylic acids is 1. The zero-order valence-corrected chi connectivity index (χ0v) is 10.6. The highest BCUT2D eigenvalue weighted by molar-refractivity contribution is 5.94. The molecule has 0 unspecified atom stereocenters. The van der Waals surface area contributed by atoms with Gasteiger partial charge in [-0.1, -0.05) is 0 Å². The number of piperidine rings is 1. The molecule has 6 nitrogen and oxygen atoms in total. The summed E-state index contributed by atoms with van der Waals surface area (Å²) in [6, 6.07) is 3.29. The minimum atomic E-state index is -0.838. The third kappa shape index (κ3) is 3.08. The van der Waals surface area contributed by atoms with Crippen molar-refractivity contribution in [3.8, 4) is 0 Å². The van der Waals surface area contributed by atoms with Crippen LogP contribution in [0.5, 0.6) is 0 Å². The van der Waals surface area contributed by atoms with E-state index in [2.05, 4.69) is 4.98 Å². The molecular weight excluding hydrogens is 246 g/mol. The Morgan fingerprint density at radius 1 is 1.53 bits per heavy atom. The first-order chi connectivity index (χ1) is 9.11. The second-order valence-corrected chi connectivity index (χ2v) is 4.67. The highest BCUT2D eigenvalue weighted by atomic mass is 16.4. The van der Waals surface area contributed by atoms with Crippen LogP contribution >= 0.6 is 0 Å². The number of amides is 1. The second kappa shape index (κ2) is 5.79. The van der Waals surface area contributed by atoms with Gasteiger partial charge in [-0.3, -0.25) is 14.6 Å². The standard InChI is InChI=1S/C13H17N3O3/c14-7-11-6-9(3-4-15-11)12(17)16-5-1-2-10(8-16)13(18)19/h3-4,6,10H,1-2,5,7-8,14H2,(H,18,19)/t10-/m0/s1. The number of hydrogen-bond acceptors (Lipinski definition) is 4. The Kier molecular flexibility index (Phi) is 4.11. The molecule has 2 heterocycles. The van der Waals surface area contributed by atoms with E-state index in [9.17, 15) is 9.59 Å². The molecule has 1 fully saturated rings. The van der Waals surface area contributed by atoms with Gasteiger partial charge in [-0.25, -0.2) is 0 Å². The fourth-order valence-corrected chi connectivity index (χ4v) is 2.27. The van der Waals surface area contributed by atoms with E-state index in [1.165, 1.54) is 0 Å². The van der Waals surface area contributed by atoms with Gasteiger partial charge in [-0.05, 0) is 25.0 Å². The number of carboxylic acids is 1. The van der Waals surface area contributed by atoms with Gasteiger partial charge < -0.3 is 15.7 Å². The molecule has 0 saturated carbocycles. The van der Waals surface area contributed by atoms with Gasteiger partial charge in [0.2, 0.25) is 0 Å². The summed E-state index contributed by atoms with van der Waals surface area (Å²) in [6.07, 6.45) is 2.90. The lowest BCUT2D eigenvalue weighted by Gasteiger charge is -2.30. The number of carbonyl (C=O) groups is 2. The molecular formula is C13H17N3O3. The van der Waals surface area contributed by atoms with Crippen molar-refractivity contribution in [1.29, 1.82) is 0 Å². The number of nitrogens with two attached hydrogens (primary N) is 1. The summed E-state index contributed by atoms with van der Waals surface area (Å²) in [5, 5.41) is 9.03. The van der Waals surface area contributed by atoms with Crippen molar-refractivity contribution < 1.29 is 14.7 Å². The largest absolute Gasteiger partial charge is 0.481 e. The minimum Gasteiger partial charge on any atom is -0.481 e. The van der Waals surface area contributed by atoms with Crippen LogP contribution in [0.4, 0.5) is 0 Å². The van der Waals surface area contributed by atoms with Crippen molar-refractivity contribution in [2.45, 2.75) is 19.4 Å². The van der Waals surface area contributed by atoms with Crippen LogP contribution in [0, 0.1) is 5.92 Å². The molecule has 1 aliphatic heterocycles. The predicted molar refractivity (Wildman–Crippen MR) is 68.4 cm³/mol. The maximum atomic E-state index is 12.3. The van der Waals surface area contributed by atoms with Gasteiger partial charge in [-0.2, -0.15) is 0 Å². The van der Waals surface area contributed by atoms with Gasteiger partial charge in [-0.15, -0.1) is 0 Å². The zero-order chi connectivity index (χ0) is 13.8. The molecule has 102 valence electrons. The molecule has 1 aromatic heterocycles. The molecule has 0 aliphatic carbocycles. The van der Waals surface area contributed by atoms with E-state index in [1.54, 1.807) is 23.2 Å². The highest BCUT2D eigenvalue weighted by Gasteiger charge is 2.28. The summed E-state index contributed by atoms with van der Waals surface area (Å²) >= 11 is 0. The van der Waals surface area contributed by atoms with E-state index in [4.69, 9.17) is 10.8 Å². The summed E-state index contributed by atoms with van der Waals surface area (Å²) in [4.78, 5) is 28.9. The SMILES string of the molecule is NCc1cc(C(=O)N2CCC[C@H](C(=O)O)C2)ccn1. The summed E-state index contributed by atoms with van der Waals surface area (Å²) in [6.45, 7) is 1.15. The number of likely N-dealkylation sites (tertiary alicyclic amines) is 1. The third-order valence-electron chi connectivity index (χ3n) is 3.33. The van der Waals surface area contributed by atoms with Gasteiger partial charge in [0.15, 0.2) is 0 Å². The molecule has 0 spiro atoms. The Morgan fingerprint density at radius 3 is 3.00 bits per heavy atom. The number of hydrogen-bond donors (Lipinski definition) is 2. The van der Waals surface area contributed by atoms with Crippen LogP contribution in [0.2, 0.25) is 0 Å². The van der Waals surface area contributed by atoms with Gasteiger partial charge in [0, 0.05) is 31.4 Å². The fourth-order valence-electron chi connectivity index (χ4n) is 2.27. The quantitative estimate of drug-likeness (QED) is 0.826. The molecule has 19 heavy (non-hydrogen) atoms. The lowest BCUT2D eigenvalue weighted by atomic mass is 9.97. The van der Waals surface area contributed by atoms with Crippen molar-refractivity contribution in [3.05, 3.63) is 29.6 Å². The molecule has 1 saturated heterocycles. The number of carbonyl (C=O) groups excluding carboxylic acids is 1. The second-order valence-electron chi connectivity index (χ2n) is 4.67. The van der Waals surface area contributed by atoms with E-state index in [1.807, 2.05) is 0 Å². The molecule has 1 amide bonds. The zero-order valence-electron chi connectivity index (χ0n) is 10.6. The van der Waals surface area contributed by atoms with Crippen LogP contribution in [0.15, 0.2) is 18.3 Å². The van der Waals surface area contributed by atoms with Crippen LogP contribution in [0.25, 0.3) is 0 Å². The summed E-state index contributed by atoms with van der Waals surface area (Å²) in [5.41, 5.74) is 6.66. The lowest BCUT2D eigenvalue weighted by molar-refractivity contribution is -0.143. The molecule has 1 atom stereocenters. The first kappa shape index (κ1) is 13.5. The fraction of sp³-hybridized carbons (Fsp3) is 0.462. The highest BCUT2D eigenvalue weighted by Crippen LogP contribution is 2.18. The van der Waals surface area contributed by atoms with Crippen LogP contribution < -0.4 is 5.73 Å². The summed E-state index contributed by atoms with van der Waals surface area (Å²) in [5.74, 6) is -1.45. The number of carboxylic acid groups (broad SMARTS) is 1. The van der Waals surface area contributed by atoms with E-state index in [0.29, 0.717) is 24.2 Å². The number of aromatic nitrogens is 1. The van der Waals surface area contributed by atoms with Crippen LogP contribution in [0.3, 0.4) is 0 Å². The average Bonchev–Trinajstić information content (AvgIpc) is 2.46. The first-order valence-electron chi connectivity index (χ1n) is 6.29. The van der Waals surface area contributed by atoms with Crippen molar-refractivity contribution >= 4 is 11.9 Å². The maximum Gasteiger partial charge on any atom is 0.308 e. The van der Waals surface area contributed by atoms with Crippen LogP contribution in [-0.2, 0) is 11.3 Å². The Balaban J connectivity index is 2.12. The van der Waals surface area contributed by atoms with Gasteiger partial charge in [0.1, 0.15) is 0 Å². The van der Waals surface area contributed by atoms with Crippen molar-refractivity contribution in [3.63, 3.8) is 0 Å². The third-order valence-corrected chi connectivity index (χ3v) is 3.33. The lowest BCUT2D eigenvalue weighted by Crippen LogP contribution is -2.42. The normalized spacial score (nSPS) is 19.2.